The third-order valence-electron chi connectivity index (χ3n) is 1.41. The lowest BCUT2D eigenvalue weighted by Crippen LogP contribution is -2.36. The maximum Gasteiger partial charge on any atom is 0.492 e. The van der Waals surface area contributed by atoms with Crippen LogP contribution in [0.2, 0.25) is 0 Å². The largest absolute Gasteiger partial charge is 0.492 e. The van der Waals surface area contributed by atoms with Crippen LogP contribution >= 0.6 is 0 Å². The van der Waals surface area contributed by atoms with Gasteiger partial charge in [0, 0.05) is 13.7 Å². The van der Waals surface area contributed by atoms with E-state index in [0.29, 0.717) is 19.6 Å². The Morgan fingerprint density at radius 3 is 2.33 bits per heavy atom. The number of methoxy groups -OCH3 is 1. The van der Waals surface area contributed by atoms with Gasteiger partial charge in [0.1, 0.15) is 0 Å². The molecule has 0 aromatic carbocycles. The molecule has 0 saturated carbocycles. The predicted octanol–water partition coefficient (Wildman–Crippen LogP) is 1.34. The van der Waals surface area contributed by atoms with Crippen molar-refractivity contribution < 1.29 is 17.7 Å². The van der Waals surface area contributed by atoms with E-state index >= 15 is 0 Å². The molecular weight excluding hydrogens is 170 g/mol. The Bertz CT molecular complexity index is 120. The van der Waals surface area contributed by atoms with Gasteiger partial charge in [-0.1, -0.05) is 0 Å². The molecule has 12 heavy (non-hydrogen) atoms. The third-order valence-corrected chi connectivity index (χ3v) is 1.41. The molecule has 0 aliphatic rings. The van der Waals surface area contributed by atoms with E-state index in [9.17, 15) is 12.9 Å². The van der Waals surface area contributed by atoms with Gasteiger partial charge in [-0.25, -0.2) is 0 Å². The first-order valence-electron chi connectivity index (χ1n) is 3.84. The Hall–Kier alpha value is -0.225. The maximum absolute atomic E-state index is 11.8. The van der Waals surface area contributed by atoms with Crippen LogP contribution in [-0.2, 0) is 4.74 Å². The molecule has 0 aromatic rings. The molecule has 0 rings (SSSR count). The lowest BCUT2D eigenvalue weighted by atomic mass is 9.91. The fraction of sp³-hybridized carbons (Fsp3) is 1.00. The molecule has 0 aromatic heterocycles. The van der Waals surface area contributed by atoms with Crippen molar-refractivity contribution in [2.24, 2.45) is 0 Å². The van der Waals surface area contributed by atoms with Crippen LogP contribution < -0.4 is 0 Å². The van der Waals surface area contributed by atoms with Crippen molar-refractivity contribution in [2.45, 2.75) is 6.42 Å². The summed E-state index contributed by atoms with van der Waals surface area (Å²) in [5.74, 6) is 0. The van der Waals surface area contributed by atoms with E-state index < -0.39 is 13.4 Å². The molecule has 0 atom stereocenters. The highest BCUT2D eigenvalue weighted by Crippen LogP contribution is 2.09. The highest BCUT2D eigenvalue weighted by atomic mass is 19.4. The van der Waals surface area contributed by atoms with Crippen LogP contribution in [0.15, 0.2) is 0 Å². The summed E-state index contributed by atoms with van der Waals surface area (Å²) >= 11 is 0. The van der Waals surface area contributed by atoms with Gasteiger partial charge in [0.25, 0.3) is 0 Å². The highest BCUT2D eigenvalue weighted by Gasteiger charge is 2.24. The van der Waals surface area contributed by atoms with E-state index in [4.69, 9.17) is 4.74 Å². The van der Waals surface area contributed by atoms with Gasteiger partial charge in [-0.2, -0.15) is 0 Å². The lowest BCUT2D eigenvalue weighted by Gasteiger charge is -2.23. The number of ether oxygens (including phenoxy) is 1. The first kappa shape index (κ1) is 11.8. The molecule has 0 aliphatic carbocycles. The molecule has 0 radical (unpaired) electrons. The second-order valence-electron chi connectivity index (χ2n) is 2.82. The summed E-state index contributed by atoms with van der Waals surface area (Å²) in [6.45, 7) is -3.75. The minimum atomic E-state index is -4.68. The average Bonchev–Trinajstić information content (AvgIpc) is 1.84. The Labute approximate surface area is 70.7 Å². The van der Waals surface area contributed by atoms with Crippen molar-refractivity contribution in [1.29, 1.82) is 0 Å². The normalized spacial score (nSPS) is 12.5. The average molecular weight is 184 g/mol. The zero-order valence-corrected chi connectivity index (χ0v) is 7.40. The van der Waals surface area contributed by atoms with Gasteiger partial charge < -0.3 is 22.6 Å². The standard InChI is InChI=1S/C6H14BF3NO/c1-11(4-3-5-12-2)6-7(8,9)10/h3-6H2,1-2H3/q-1. The molecule has 0 fully saturated rings. The van der Waals surface area contributed by atoms with Crippen molar-refractivity contribution in [2.75, 3.05) is 33.8 Å². The molecule has 0 N–H and O–H groups in total. The van der Waals surface area contributed by atoms with E-state index in [0.717, 1.165) is 0 Å². The highest BCUT2D eigenvalue weighted by molar-refractivity contribution is 6.58. The summed E-state index contributed by atoms with van der Waals surface area (Å²) in [5, 5.41) is 0. The van der Waals surface area contributed by atoms with Gasteiger partial charge in [0.05, 0.1) is 0 Å². The number of hydrogen-bond acceptors (Lipinski definition) is 2. The molecular formula is C6H14BF3NO-. The summed E-state index contributed by atoms with van der Waals surface area (Å²) in [6.07, 6.45) is -0.150. The molecule has 74 valence electrons. The smallest absolute Gasteiger partial charge is 0.448 e. The molecule has 0 spiro atoms. The summed E-state index contributed by atoms with van der Waals surface area (Å²) in [7, 11) is 3.00. The fourth-order valence-corrected chi connectivity index (χ4v) is 0.923. The van der Waals surface area contributed by atoms with Gasteiger partial charge in [-0.05, 0) is 26.5 Å². The van der Waals surface area contributed by atoms with Crippen LogP contribution in [0.1, 0.15) is 6.42 Å². The summed E-state index contributed by atoms with van der Waals surface area (Å²) < 4.78 is 40.1. The molecule has 0 aliphatic heterocycles. The number of hydrogen-bond donors (Lipinski definition) is 0. The van der Waals surface area contributed by atoms with E-state index in [2.05, 4.69) is 0 Å². The van der Waals surface area contributed by atoms with Gasteiger partial charge in [0.15, 0.2) is 0 Å². The van der Waals surface area contributed by atoms with Crippen LogP contribution in [0.5, 0.6) is 0 Å². The molecule has 6 heteroatoms. The zero-order valence-electron chi connectivity index (χ0n) is 7.40. The first-order valence-corrected chi connectivity index (χ1v) is 3.84. The van der Waals surface area contributed by atoms with Crippen LogP contribution in [0.4, 0.5) is 12.9 Å². The Kier molecular flexibility index (Phi) is 5.32. The predicted molar refractivity (Wildman–Crippen MR) is 43.1 cm³/mol. The summed E-state index contributed by atoms with van der Waals surface area (Å²) in [5.41, 5.74) is 0. The molecule has 0 heterocycles. The van der Waals surface area contributed by atoms with Crippen molar-refractivity contribution in [3.8, 4) is 0 Å². The van der Waals surface area contributed by atoms with Gasteiger partial charge in [-0.15, -0.1) is 0 Å². The van der Waals surface area contributed by atoms with E-state index in [1.165, 1.54) is 19.1 Å². The summed E-state index contributed by atoms with van der Waals surface area (Å²) in [4.78, 5) is 1.26. The second-order valence-corrected chi connectivity index (χ2v) is 2.82. The van der Waals surface area contributed by atoms with Gasteiger partial charge >= 0.3 is 6.98 Å². The number of halogens is 3. The SMILES string of the molecule is COCCCN(C)C[B-](F)(F)F. The van der Waals surface area contributed by atoms with Gasteiger partial charge in [-0.3, -0.25) is 0 Å². The van der Waals surface area contributed by atoms with Crippen LogP contribution in [-0.4, -0.2) is 45.6 Å². The van der Waals surface area contributed by atoms with Crippen molar-refractivity contribution in [1.82, 2.24) is 4.90 Å². The molecule has 0 saturated heterocycles. The maximum atomic E-state index is 11.8. The molecule has 0 bridgehead atoms. The number of nitrogens with zero attached hydrogens (tertiary/aromatic N) is 1. The van der Waals surface area contributed by atoms with E-state index in [1.807, 2.05) is 0 Å². The summed E-state index contributed by atoms with van der Waals surface area (Å²) in [6, 6.07) is 0. The zero-order chi connectivity index (χ0) is 9.61. The van der Waals surface area contributed by atoms with Crippen LogP contribution in [0, 0.1) is 0 Å². The minimum Gasteiger partial charge on any atom is -0.448 e. The van der Waals surface area contributed by atoms with Crippen molar-refractivity contribution >= 4 is 6.98 Å². The number of rotatable bonds is 6. The molecule has 0 amide bonds. The van der Waals surface area contributed by atoms with Crippen molar-refractivity contribution in [3.63, 3.8) is 0 Å². The first-order chi connectivity index (χ1) is 5.45. The minimum absolute atomic E-state index is 0.426. The van der Waals surface area contributed by atoms with E-state index in [-0.39, 0.29) is 0 Å². The molecule has 2 nitrogen and oxygen atoms in total. The van der Waals surface area contributed by atoms with Crippen molar-refractivity contribution in [3.05, 3.63) is 0 Å². The molecule has 0 unspecified atom stereocenters. The van der Waals surface area contributed by atoms with Crippen LogP contribution in [0.3, 0.4) is 0 Å². The van der Waals surface area contributed by atoms with Gasteiger partial charge in [0.2, 0.25) is 0 Å². The monoisotopic (exact) mass is 184 g/mol. The van der Waals surface area contributed by atoms with E-state index in [1.54, 1.807) is 0 Å². The third kappa shape index (κ3) is 7.88. The van der Waals surface area contributed by atoms with Crippen LogP contribution in [0.25, 0.3) is 0 Å². The quantitative estimate of drug-likeness (QED) is 0.456. The topological polar surface area (TPSA) is 12.5 Å². The Morgan fingerprint density at radius 1 is 1.33 bits per heavy atom. The Morgan fingerprint density at radius 2 is 1.92 bits per heavy atom. The second kappa shape index (κ2) is 5.43. The Balaban J connectivity index is 3.40. The lowest BCUT2D eigenvalue weighted by molar-refractivity contribution is 0.181. The fourth-order valence-electron chi connectivity index (χ4n) is 0.923.